The number of furan rings is 1. The standard InChI is InChI=1S/C14H23BrN2O3S/c1-3-16-9-12-7-13(14(15)20-12)21(18,19)17-8-11-6-4-5-10(11)2/h7,10-11,16-17H,3-6,8-9H2,1-2H3. The zero-order valence-electron chi connectivity index (χ0n) is 12.5. The van der Waals surface area contributed by atoms with Crippen LogP contribution in [-0.4, -0.2) is 21.5 Å². The highest BCUT2D eigenvalue weighted by Crippen LogP contribution is 2.31. The minimum atomic E-state index is -3.52. The maximum absolute atomic E-state index is 12.4. The van der Waals surface area contributed by atoms with E-state index in [1.807, 2.05) is 6.92 Å². The summed E-state index contributed by atoms with van der Waals surface area (Å²) in [5.41, 5.74) is 0. The second-order valence-electron chi connectivity index (χ2n) is 5.65. The van der Waals surface area contributed by atoms with Crippen LogP contribution in [0.2, 0.25) is 0 Å². The van der Waals surface area contributed by atoms with E-state index in [0.717, 1.165) is 13.0 Å². The molecule has 120 valence electrons. The summed E-state index contributed by atoms with van der Waals surface area (Å²) in [6, 6.07) is 1.58. The van der Waals surface area contributed by atoms with Crippen molar-refractivity contribution in [3.05, 3.63) is 16.5 Å². The average molecular weight is 379 g/mol. The molecule has 0 spiro atoms. The Hall–Kier alpha value is -0.370. The van der Waals surface area contributed by atoms with E-state index in [-0.39, 0.29) is 9.56 Å². The lowest BCUT2D eigenvalue weighted by atomic mass is 9.99. The normalized spacial score (nSPS) is 22.8. The number of sulfonamides is 1. The summed E-state index contributed by atoms with van der Waals surface area (Å²) in [6.07, 6.45) is 3.48. The summed E-state index contributed by atoms with van der Waals surface area (Å²) in [5.74, 6) is 1.63. The highest BCUT2D eigenvalue weighted by Gasteiger charge is 2.27. The van der Waals surface area contributed by atoms with Crippen molar-refractivity contribution in [2.75, 3.05) is 13.1 Å². The van der Waals surface area contributed by atoms with Gasteiger partial charge < -0.3 is 9.73 Å². The fraction of sp³-hybridized carbons (Fsp3) is 0.714. The molecule has 21 heavy (non-hydrogen) atoms. The molecule has 0 bridgehead atoms. The van der Waals surface area contributed by atoms with Gasteiger partial charge in [0.25, 0.3) is 0 Å². The Morgan fingerprint density at radius 3 is 2.81 bits per heavy atom. The van der Waals surface area contributed by atoms with Crippen molar-refractivity contribution >= 4 is 26.0 Å². The Labute approximate surface area is 135 Å². The molecule has 2 N–H and O–H groups in total. The molecule has 7 heteroatoms. The second kappa shape index (κ2) is 7.26. The van der Waals surface area contributed by atoms with E-state index in [2.05, 4.69) is 32.9 Å². The molecule has 1 fully saturated rings. The number of rotatable bonds is 7. The van der Waals surface area contributed by atoms with Crippen LogP contribution >= 0.6 is 15.9 Å². The molecule has 1 aliphatic rings. The molecule has 0 amide bonds. The van der Waals surface area contributed by atoms with Crippen molar-refractivity contribution in [3.63, 3.8) is 0 Å². The van der Waals surface area contributed by atoms with Gasteiger partial charge in [-0.2, -0.15) is 0 Å². The molecule has 1 aromatic heterocycles. The highest BCUT2D eigenvalue weighted by atomic mass is 79.9. The molecular weight excluding hydrogens is 356 g/mol. The van der Waals surface area contributed by atoms with Crippen LogP contribution in [0.1, 0.15) is 38.9 Å². The molecule has 5 nitrogen and oxygen atoms in total. The summed E-state index contributed by atoms with van der Waals surface area (Å²) in [6.45, 7) is 6.00. The Morgan fingerprint density at radius 2 is 2.19 bits per heavy atom. The van der Waals surface area contributed by atoms with Crippen molar-refractivity contribution in [1.29, 1.82) is 0 Å². The summed E-state index contributed by atoms with van der Waals surface area (Å²) in [7, 11) is -3.52. The molecule has 1 heterocycles. The zero-order chi connectivity index (χ0) is 15.5. The van der Waals surface area contributed by atoms with Gasteiger partial charge in [-0.15, -0.1) is 0 Å². The van der Waals surface area contributed by atoms with Crippen LogP contribution in [0.5, 0.6) is 0 Å². The minimum absolute atomic E-state index is 0.182. The third kappa shape index (κ3) is 4.31. The van der Waals surface area contributed by atoms with E-state index < -0.39 is 10.0 Å². The van der Waals surface area contributed by atoms with Crippen molar-refractivity contribution in [3.8, 4) is 0 Å². The third-order valence-corrected chi connectivity index (χ3v) is 6.40. The maximum Gasteiger partial charge on any atom is 0.244 e. The molecule has 0 aliphatic heterocycles. The highest BCUT2D eigenvalue weighted by molar-refractivity contribution is 9.10. The summed E-state index contributed by atoms with van der Waals surface area (Å²) < 4.78 is 33.2. The van der Waals surface area contributed by atoms with E-state index >= 15 is 0 Å². The van der Waals surface area contributed by atoms with E-state index in [1.165, 1.54) is 12.8 Å². The molecule has 0 saturated heterocycles. The van der Waals surface area contributed by atoms with Crippen LogP contribution in [0.4, 0.5) is 0 Å². The van der Waals surface area contributed by atoms with Crippen LogP contribution in [0.15, 0.2) is 20.0 Å². The fourth-order valence-electron chi connectivity index (χ4n) is 2.74. The van der Waals surface area contributed by atoms with E-state index in [4.69, 9.17) is 4.42 Å². The van der Waals surface area contributed by atoms with Gasteiger partial charge >= 0.3 is 0 Å². The first kappa shape index (κ1) is 17.0. The molecule has 0 aromatic carbocycles. The van der Waals surface area contributed by atoms with Gasteiger partial charge in [-0.05, 0) is 40.7 Å². The fourth-order valence-corrected chi connectivity index (χ4v) is 4.83. The summed E-state index contributed by atoms with van der Waals surface area (Å²) in [5, 5.41) is 3.11. The Balaban J connectivity index is 2.03. The number of nitrogens with one attached hydrogen (secondary N) is 2. The predicted octanol–water partition coefficient (Wildman–Crippen LogP) is 2.87. The van der Waals surface area contributed by atoms with E-state index in [9.17, 15) is 8.42 Å². The smallest absolute Gasteiger partial charge is 0.244 e. The van der Waals surface area contributed by atoms with Gasteiger partial charge in [-0.1, -0.05) is 26.7 Å². The van der Waals surface area contributed by atoms with Crippen LogP contribution in [0.3, 0.4) is 0 Å². The second-order valence-corrected chi connectivity index (χ2v) is 8.11. The van der Waals surface area contributed by atoms with Crippen molar-refractivity contribution in [2.24, 2.45) is 11.8 Å². The first-order chi connectivity index (χ1) is 9.94. The van der Waals surface area contributed by atoms with Gasteiger partial charge in [-0.3, -0.25) is 0 Å². The van der Waals surface area contributed by atoms with Gasteiger partial charge in [0.2, 0.25) is 10.0 Å². The average Bonchev–Trinajstić information content (AvgIpc) is 3.00. The predicted molar refractivity (Wildman–Crippen MR) is 85.5 cm³/mol. The Bertz CT molecular complexity index is 571. The van der Waals surface area contributed by atoms with Gasteiger partial charge in [0, 0.05) is 12.6 Å². The molecule has 1 aromatic rings. The zero-order valence-corrected chi connectivity index (χ0v) is 14.9. The molecule has 2 unspecified atom stereocenters. The van der Waals surface area contributed by atoms with E-state index in [1.54, 1.807) is 6.07 Å². The first-order valence-electron chi connectivity index (χ1n) is 7.42. The number of hydrogen-bond donors (Lipinski definition) is 2. The minimum Gasteiger partial charge on any atom is -0.452 e. The van der Waals surface area contributed by atoms with Crippen LogP contribution in [0.25, 0.3) is 0 Å². The molecular formula is C14H23BrN2O3S. The number of hydrogen-bond acceptors (Lipinski definition) is 4. The summed E-state index contributed by atoms with van der Waals surface area (Å²) >= 11 is 3.20. The lowest BCUT2D eigenvalue weighted by molar-refractivity contribution is 0.414. The molecule has 1 aliphatic carbocycles. The molecule has 1 saturated carbocycles. The van der Waals surface area contributed by atoms with Crippen molar-refractivity contribution in [1.82, 2.24) is 10.0 Å². The monoisotopic (exact) mass is 378 g/mol. The maximum atomic E-state index is 12.4. The van der Waals surface area contributed by atoms with Crippen molar-refractivity contribution < 1.29 is 12.8 Å². The van der Waals surface area contributed by atoms with Gasteiger partial charge in [-0.25, -0.2) is 13.1 Å². The SMILES string of the molecule is CCNCc1cc(S(=O)(=O)NCC2CCCC2C)c(Br)o1. The van der Waals surface area contributed by atoms with Gasteiger partial charge in [0.05, 0.1) is 6.54 Å². The van der Waals surface area contributed by atoms with Crippen molar-refractivity contribution in [2.45, 2.75) is 44.6 Å². The van der Waals surface area contributed by atoms with Gasteiger partial charge in [0.1, 0.15) is 10.7 Å². The first-order valence-corrected chi connectivity index (χ1v) is 9.70. The largest absolute Gasteiger partial charge is 0.452 e. The Morgan fingerprint density at radius 1 is 1.43 bits per heavy atom. The third-order valence-electron chi connectivity index (χ3n) is 4.12. The molecule has 2 atom stereocenters. The topological polar surface area (TPSA) is 71.3 Å². The molecule has 2 rings (SSSR count). The van der Waals surface area contributed by atoms with Crippen LogP contribution < -0.4 is 10.0 Å². The Kier molecular flexibility index (Phi) is 5.88. The van der Waals surface area contributed by atoms with Crippen LogP contribution in [-0.2, 0) is 16.6 Å². The number of halogens is 1. The molecule has 0 radical (unpaired) electrons. The van der Waals surface area contributed by atoms with E-state index in [0.29, 0.717) is 30.7 Å². The lowest BCUT2D eigenvalue weighted by Crippen LogP contribution is -2.30. The quantitative estimate of drug-likeness (QED) is 0.764. The summed E-state index contributed by atoms with van der Waals surface area (Å²) in [4.78, 5) is 0.182. The van der Waals surface area contributed by atoms with Crippen LogP contribution in [0, 0.1) is 11.8 Å². The van der Waals surface area contributed by atoms with Gasteiger partial charge in [0.15, 0.2) is 4.67 Å². The lowest BCUT2D eigenvalue weighted by Gasteiger charge is -2.15.